The Morgan fingerprint density at radius 3 is 2.40 bits per heavy atom. The van der Waals surface area contributed by atoms with E-state index in [0.717, 1.165) is 25.8 Å². The fraction of sp³-hybridized carbons (Fsp3) is 0.909. The molecule has 0 saturated heterocycles. The van der Waals surface area contributed by atoms with Crippen LogP contribution in [0.1, 0.15) is 32.1 Å². The minimum atomic E-state index is 0.135. The van der Waals surface area contributed by atoms with Crippen LogP contribution in [0, 0.1) is 0 Å². The van der Waals surface area contributed by atoms with E-state index in [4.69, 9.17) is 5.73 Å². The number of carbonyl (C=O) groups excluding carboxylic acids is 1. The molecular formula is C11H23N3O. The number of urea groups is 1. The lowest BCUT2D eigenvalue weighted by molar-refractivity contribution is 0.149. The van der Waals surface area contributed by atoms with Crippen molar-refractivity contribution in [2.45, 2.75) is 38.1 Å². The van der Waals surface area contributed by atoms with E-state index >= 15 is 0 Å². The smallest absolute Gasteiger partial charge is 0.319 e. The zero-order valence-electron chi connectivity index (χ0n) is 9.91. The van der Waals surface area contributed by atoms with Crippen LogP contribution in [-0.4, -0.2) is 49.1 Å². The van der Waals surface area contributed by atoms with Gasteiger partial charge in [0.1, 0.15) is 0 Å². The second kappa shape index (κ2) is 5.95. The molecule has 1 aliphatic rings. The van der Waals surface area contributed by atoms with Crippen molar-refractivity contribution in [2.75, 3.05) is 27.2 Å². The van der Waals surface area contributed by atoms with E-state index in [1.807, 2.05) is 19.0 Å². The predicted octanol–water partition coefficient (Wildman–Crippen LogP) is 1.26. The monoisotopic (exact) mass is 213 g/mol. The molecule has 4 heteroatoms. The van der Waals surface area contributed by atoms with Gasteiger partial charge in [0.25, 0.3) is 0 Å². The van der Waals surface area contributed by atoms with E-state index < -0.39 is 0 Å². The van der Waals surface area contributed by atoms with E-state index in [0.29, 0.717) is 12.6 Å². The summed E-state index contributed by atoms with van der Waals surface area (Å²) in [5.41, 5.74) is 5.50. The fourth-order valence-electron chi connectivity index (χ4n) is 2.17. The molecule has 88 valence electrons. The molecule has 0 aliphatic heterocycles. The summed E-state index contributed by atoms with van der Waals surface area (Å²) >= 11 is 0. The maximum Gasteiger partial charge on any atom is 0.319 e. The summed E-state index contributed by atoms with van der Waals surface area (Å²) < 4.78 is 0. The molecule has 0 heterocycles. The number of hydrogen-bond acceptors (Lipinski definition) is 2. The van der Waals surface area contributed by atoms with Crippen molar-refractivity contribution >= 4 is 6.03 Å². The summed E-state index contributed by atoms with van der Waals surface area (Å²) in [5.74, 6) is 0. The van der Waals surface area contributed by atoms with Crippen LogP contribution < -0.4 is 5.73 Å². The molecule has 4 nitrogen and oxygen atoms in total. The maximum atomic E-state index is 11.9. The van der Waals surface area contributed by atoms with Gasteiger partial charge in [0.2, 0.25) is 0 Å². The second-order valence-corrected chi connectivity index (χ2v) is 4.45. The Bertz CT molecular complexity index is 200. The quantitative estimate of drug-likeness (QED) is 0.764. The van der Waals surface area contributed by atoms with Crippen LogP contribution in [-0.2, 0) is 0 Å². The molecular weight excluding hydrogens is 190 g/mol. The van der Waals surface area contributed by atoms with Crippen molar-refractivity contribution in [2.24, 2.45) is 5.73 Å². The van der Waals surface area contributed by atoms with Crippen LogP contribution in [0.25, 0.3) is 0 Å². The van der Waals surface area contributed by atoms with Gasteiger partial charge in [-0.25, -0.2) is 4.79 Å². The highest BCUT2D eigenvalue weighted by Gasteiger charge is 2.26. The van der Waals surface area contributed by atoms with Crippen molar-refractivity contribution in [1.82, 2.24) is 9.80 Å². The first-order valence-electron chi connectivity index (χ1n) is 5.84. The molecule has 0 spiro atoms. The zero-order valence-corrected chi connectivity index (χ0v) is 9.91. The second-order valence-electron chi connectivity index (χ2n) is 4.45. The number of nitrogens with two attached hydrogens (primary N) is 1. The van der Waals surface area contributed by atoms with Crippen molar-refractivity contribution in [3.8, 4) is 0 Å². The van der Waals surface area contributed by atoms with Crippen LogP contribution in [0.4, 0.5) is 4.79 Å². The molecule has 0 aromatic heterocycles. The van der Waals surface area contributed by atoms with Gasteiger partial charge >= 0.3 is 6.03 Å². The van der Waals surface area contributed by atoms with E-state index in [9.17, 15) is 4.79 Å². The van der Waals surface area contributed by atoms with Crippen LogP contribution in [0.2, 0.25) is 0 Å². The number of carbonyl (C=O) groups is 1. The maximum absolute atomic E-state index is 11.9. The lowest BCUT2D eigenvalue weighted by Crippen LogP contribution is -2.45. The Balaban J connectivity index is 2.54. The van der Waals surface area contributed by atoms with E-state index in [1.165, 1.54) is 12.8 Å². The summed E-state index contributed by atoms with van der Waals surface area (Å²) in [6.07, 6.45) is 5.72. The van der Waals surface area contributed by atoms with Crippen molar-refractivity contribution in [1.29, 1.82) is 0 Å². The van der Waals surface area contributed by atoms with Gasteiger partial charge in [0.15, 0.2) is 0 Å². The van der Waals surface area contributed by atoms with E-state index in [1.54, 1.807) is 4.90 Å². The summed E-state index contributed by atoms with van der Waals surface area (Å²) in [6.45, 7) is 1.46. The Hall–Kier alpha value is -0.770. The highest BCUT2D eigenvalue weighted by atomic mass is 16.2. The van der Waals surface area contributed by atoms with Crippen LogP contribution in [0.5, 0.6) is 0 Å². The topological polar surface area (TPSA) is 49.6 Å². The standard InChI is InChI=1S/C11H23N3O/c1-13(2)11(15)14(9-5-8-12)10-6-3-4-7-10/h10H,3-9,12H2,1-2H3. The average molecular weight is 213 g/mol. The highest BCUT2D eigenvalue weighted by molar-refractivity contribution is 5.74. The van der Waals surface area contributed by atoms with Gasteiger partial charge in [0.05, 0.1) is 0 Å². The predicted molar refractivity (Wildman–Crippen MR) is 61.7 cm³/mol. The van der Waals surface area contributed by atoms with Crippen molar-refractivity contribution in [3.63, 3.8) is 0 Å². The molecule has 1 saturated carbocycles. The van der Waals surface area contributed by atoms with Crippen LogP contribution in [0.15, 0.2) is 0 Å². The minimum absolute atomic E-state index is 0.135. The lowest BCUT2D eigenvalue weighted by atomic mass is 10.2. The summed E-state index contributed by atoms with van der Waals surface area (Å²) in [5, 5.41) is 0. The van der Waals surface area contributed by atoms with Gasteiger partial charge in [-0.2, -0.15) is 0 Å². The van der Waals surface area contributed by atoms with Gasteiger partial charge in [-0.3, -0.25) is 0 Å². The number of nitrogens with zero attached hydrogens (tertiary/aromatic N) is 2. The summed E-state index contributed by atoms with van der Waals surface area (Å²) in [4.78, 5) is 15.6. The molecule has 0 atom stereocenters. The van der Waals surface area contributed by atoms with Crippen LogP contribution >= 0.6 is 0 Å². The van der Waals surface area contributed by atoms with Crippen LogP contribution in [0.3, 0.4) is 0 Å². The third-order valence-electron chi connectivity index (χ3n) is 3.00. The number of amides is 2. The SMILES string of the molecule is CN(C)C(=O)N(CCCN)C1CCCC1. The molecule has 2 amide bonds. The zero-order chi connectivity index (χ0) is 11.3. The molecule has 0 radical (unpaired) electrons. The third kappa shape index (κ3) is 3.38. The first-order chi connectivity index (χ1) is 7.16. The molecule has 0 bridgehead atoms. The van der Waals surface area contributed by atoms with Gasteiger partial charge in [-0.05, 0) is 25.8 Å². The normalized spacial score (nSPS) is 16.7. The van der Waals surface area contributed by atoms with E-state index in [2.05, 4.69) is 0 Å². The summed E-state index contributed by atoms with van der Waals surface area (Å²) in [7, 11) is 3.62. The van der Waals surface area contributed by atoms with Gasteiger partial charge in [-0.1, -0.05) is 12.8 Å². The first kappa shape index (κ1) is 12.3. The van der Waals surface area contributed by atoms with E-state index in [-0.39, 0.29) is 6.03 Å². The molecule has 1 fully saturated rings. The molecule has 0 aromatic carbocycles. The Morgan fingerprint density at radius 1 is 1.33 bits per heavy atom. The lowest BCUT2D eigenvalue weighted by Gasteiger charge is -2.31. The molecule has 1 aliphatic carbocycles. The van der Waals surface area contributed by atoms with Crippen molar-refractivity contribution in [3.05, 3.63) is 0 Å². The molecule has 1 rings (SSSR count). The molecule has 0 aromatic rings. The third-order valence-corrected chi connectivity index (χ3v) is 3.00. The molecule has 15 heavy (non-hydrogen) atoms. The average Bonchev–Trinajstić information content (AvgIpc) is 2.71. The number of rotatable bonds is 4. The minimum Gasteiger partial charge on any atom is -0.331 e. The number of hydrogen-bond donors (Lipinski definition) is 1. The van der Waals surface area contributed by atoms with Gasteiger partial charge in [0, 0.05) is 26.7 Å². The van der Waals surface area contributed by atoms with Gasteiger partial charge < -0.3 is 15.5 Å². The van der Waals surface area contributed by atoms with Crippen molar-refractivity contribution < 1.29 is 4.79 Å². The largest absolute Gasteiger partial charge is 0.331 e. The highest BCUT2D eigenvalue weighted by Crippen LogP contribution is 2.24. The Kier molecular flexibility index (Phi) is 4.88. The fourth-order valence-corrected chi connectivity index (χ4v) is 2.17. The molecule has 2 N–H and O–H groups in total. The Labute approximate surface area is 92.4 Å². The van der Waals surface area contributed by atoms with Gasteiger partial charge in [-0.15, -0.1) is 0 Å². The first-order valence-corrected chi connectivity index (χ1v) is 5.84. The molecule has 0 unspecified atom stereocenters. The Morgan fingerprint density at radius 2 is 1.93 bits per heavy atom. The summed E-state index contributed by atoms with van der Waals surface area (Å²) in [6, 6.07) is 0.585.